The van der Waals surface area contributed by atoms with Gasteiger partial charge in [0.25, 0.3) is 0 Å². The molecule has 8 heteroatoms. The number of halogens is 1. The Balaban J connectivity index is 1.90. The molecule has 0 amide bonds. The molecule has 2 rings (SSSR count). The van der Waals surface area contributed by atoms with Crippen molar-refractivity contribution in [1.29, 1.82) is 0 Å². The van der Waals surface area contributed by atoms with E-state index in [-0.39, 0.29) is 16.7 Å². The predicted octanol–water partition coefficient (Wildman–Crippen LogP) is 2.32. The highest BCUT2D eigenvalue weighted by Gasteiger charge is 2.22. The summed E-state index contributed by atoms with van der Waals surface area (Å²) in [5, 5.41) is 13.8. The standard InChI is InChI=1S/C12H18ClN5O2/c1-17(9-4-2-3-5-9)7-6-14-12-10(18(19)20)11(13)15-8-16-12/h8-9H,2-7H2,1H3,(H,14,15,16). The summed E-state index contributed by atoms with van der Waals surface area (Å²) < 4.78 is 0. The van der Waals surface area contributed by atoms with Crippen LogP contribution in [0.25, 0.3) is 0 Å². The van der Waals surface area contributed by atoms with Crippen LogP contribution in [-0.2, 0) is 0 Å². The lowest BCUT2D eigenvalue weighted by Gasteiger charge is -2.23. The molecule has 0 spiro atoms. The maximum atomic E-state index is 10.9. The molecule has 1 heterocycles. The number of nitro groups is 1. The van der Waals surface area contributed by atoms with E-state index in [0.29, 0.717) is 12.6 Å². The van der Waals surface area contributed by atoms with Crippen molar-refractivity contribution in [2.45, 2.75) is 31.7 Å². The molecule has 110 valence electrons. The highest BCUT2D eigenvalue weighted by Crippen LogP contribution is 2.28. The van der Waals surface area contributed by atoms with E-state index in [4.69, 9.17) is 11.6 Å². The molecule has 1 aliphatic rings. The normalized spacial score (nSPS) is 15.8. The molecule has 7 nitrogen and oxygen atoms in total. The van der Waals surface area contributed by atoms with Crippen LogP contribution in [0.3, 0.4) is 0 Å². The number of hydrogen-bond donors (Lipinski definition) is 1. The van der Waals surface area contributed by atoms with E-state index >= 15 is 0 Å². The second kappa shape index (κ2) is 6.81. The topological polar surface area (TPSA) is 84.2 Å². The van der Waals surface area contributed by atoms with Gasteiger partial charge in [0.2, 0.25) is 11.0 Å². The van der Waals surface area contributed by atoms with E-state index in [2.05, 4.69) is 27.2 Å². The number of nitrogens with one attached hydrogen (secondary N) is 1. The molecule has 0 saturated heterocycles. The summed E-state index contributed by atoms with van der Waals surface area (Å²) in [5.74, 6) is 0.176. The number of rotatable bonds is 6. The first kappa shape index (κ1) is 14.9. The molecule has 1 fully saturated rings. The summed E-state index contributed by atoms with van der Waals surface area (Å²) >= 11 is 5.73. The molecule has 1 saturated carbocycles. The monoisotopic (exact) mass is 299 g/mol. The van der Waals surface area contributed by atoms with Gasteiger partial charge in [0, 0.05) is 19.1 Å². The lowest BCUT2D eigenvalue weighted by Crippen LogP contribution is -2.33. The Labute approximate surface area is 122 Å². The third-order valence-electron chi connectivity index (χ3n) is 3.67. The van der Waals surface area contributed by atoms with Gasteiger partial charge in [-0.25, -0.2) is 9.97 Å². The first-order chi connectivity index (χ1) is 9.59. The molecule has 0 unspecified atom stereocenters. The molecule has 1 N–H and O–H groups in total. The number of aromatic nitrogens is 2. The zero-order chi connectivity index (χ0) is 14.5. The van der Waals surface area contributed by atoms with E-state index in [0.717, 1.165) is 6.54 Å². The minimum atomic E-state index is -0.564. The Morgan fingerprint density at radius 3 is 2.85 bits per heavy atom. The fourth-order valence-electron chi connectivity index (χ4n) is 2.53. The minimum absolute atomic E-state index is 0.142. The van der Waals surface area contributed by atoms with Crippen molar-refractivity contribution < 1.29 is 4.92 Å². The summed E-state index contributed by atoms with van der Waals surface area (Å²) in [6.45, 7) is 1.39. The molecule has 1 aromatic heterocycles. The minimum Gasteiger partial charge on any atom is -0.363 e. The van der Waals surface area contributed by atoms with Crippen molar-refractivity contribution in [3.8, 4) is 0 Å². The van der Waals surface area contributed by atoms with Gasteiger partial charge in [-0.15, -0.1) is 0 Å². The third-order valence-corrected chi connectivity index (χ3v) is 3.94. The Hall–Kier alpha value is -1.47. The SMILES string of the molecule is CN(CCNc1ncnc(Cl)c1[N+](=O)[O-])C1CCCC1. The van der Waals surface area contributed by atoms with E-state index in [1.54, 1.807) is 0 Å². The van der Waals surface area contributed by atoms with Gasteiger partial charge in [-0.2, -0.15) is 0 Å². The number of hydrogen-bond acceptors (Lipinski definition) is 6. The Bertz CT molecular complexity index is 479. The molecule has 0 atom stereocenters. The summed E-state index contributed by atoms with van der Waals surface area (Å²) in [7, 11) is 2.08. The van der Waals surface area contributed by atoms with E-state index in [1.165, 1.54) is 32.0 Å². The fraction of sp³-hybridized carbons (Fsp3) is 0.667. The maximum absolute atomic E-state index is 10.9. The molecule has 0 radical (unpaired) electrons. The molecule has 1 aromatic rings. The van der Waals surface area contributed by atoms with Crippen LogP contribution in [0.1, 0.15) is 25.7 Å². The molecular weight excluding hydrogens is 282 g/mol. The van der Waals surface area contributed by atoms with Crippen molar-refractivity contribution >= 4 is 23.1 Å². The summed E-state index contributed by atoms with van der Waals surface area (Å²) in [4.78, 5) is 20.2. The smallest absolute Gasteiger partial charge is 0.348 e. The van der Waals surface area contributed by atoms with Crippen LogP contribution in [0, 0.1) is 10.1 Å². The lowest BCUT2D eigenvalue weighted by molar-refractivity contribution is -0.384. The van der Waals surface area contributed by atoms with Gasteiger partial charge in [0.15, 0.2) is 0 Å². The van der Waals surface area contributed by atoms with Crippen LogP contribution < -0.4 is 5.32 Å². The molecule has 0 aromatic carbocycles. The van der Waals surface area contributed by atoms with E-state index in [9.17, 15) is 10.1 Å². The van der Waals surface area contributed by atoms with Crippen molar-refractivity contribution in [2.24, 2.45) is 0 Å². The molecular formula is C12H18ClN5O2. The molecule has 0 bridgehead atoms. The summed E-state index contributed by atoms with van der Waals surface area (Å²) in [5.41, 5.74) is -0.266. The first-order valence-electron chi connectivity index (χ1n) is 6.68. The average Bonchev–Trinajstić information content (AvgIpc) is 2.92. The van der Waals surface area contributed by atoms with Crippen LogP contribution in [-0.4, -0.2) is 46.0 Å². The second-order valence-corrected chi connectivity index (χ2v) is 5.32. The molecule has 20 heavy (non-hydrogen) atoms. The van der Waals surface area contributed by atoms with Crippen molar-refractivity contribution in [3.63, 3.8) is 0 Å². The highest BCUT2D eigenvalue weighted by atomic mass is 35.5. The van der Waals surface area contributed by atoms with Gasteiger partial charge in [-0.05, 0) is 19.9 Å². The van der Waals surface area contributed by atoms with Gasteiger partial charge >= 0.3 is 5.69 Å². The number of likely N-dealkylation sites (N-methyl/N-ethyl adjacent to an activating group) is 1. The molecule has 1 aliphatic carbocycles. The van der Waals surface area contributed by atoms with Gasteiger partial charge in [-0.3, -0.25) is 10.1 Å². The van der Waals surface area contributed by atoms with Crippen LogP contribution in [0.2, 0.25) is 5.15 Å². The summed E-state index contributed by atoms with van der Waals surface area (Å²) in [6, 6.07) is 0.626. The zero-order valence-corrected chi connectivity index (χ0v) is 12.1. The highest BCUT2D eigenvalue weighted by molar-refractivity contribution is 6.31. The zero-order valence-electron chi connectivity index (χ0n) is 11.4. The lowest BCUT2D eigenvalue weighted by atomic mass is 10.2. The van der Waals surface area contributed by atoms with Crippen LogP contribution in [0.15, 0.2) is 6.33 Å². The number of anilines is 1. The van der Waals surface area contributed by atoms with E-state index < -0.39 is 4.92 Å². The van der Waals surface area contributed by atoms with Gasteiger partial charge in [0.1, 0.15) is 6.33 Å². The molecule has 0 aliphatic heterocycles. The first-order valence-corrected chi connectivity index (χ1v) is 7.06. The Morgan fingerprint density at radius 1 is 1.50 bits per heavy atom. The van der Waals surface area contributed by atoms with Gasteiger partial charge < -0.3 is 10.2 Å². The fourth-order valence-corrected chi connectivity index (χ4v) is 2.73. The summed E-state index contributed by atoms with van der Waals surface area (Å²) in [6.07, 6.45) is 6.26. The van der Waals surface area contributed by atoms with Crippen LogP contribution in [0.5, 0.6) is 0 Å². The Morgan fingerprint density at radius 2 is 2.20 bits per heavy atom. The Kier molecular flexibility index (Phi) is 5.08. The van der Waals surface area contributed by atoms with Crippen molar-refractivity contribution in [1.82, 2.24) is 14.9 Å². The third kappa shape index (κ3) is 3.55. The van der Waals surface area contributed by atoms with Crippen LogP contribution >= 0.6 is 11.6 Å². The van der Waals surface area contributed by atoms with E-state index in [1.807, 2.05) is 0 Å². The maximum Gasteiger partial charge on any atom is 0.348 e. The van der Waals surface area contributed by atoms with Crippen molar-refractivity contribution in [2.75, 3.05) is 25.5 Å². The average molecular weight is 300 g/mol. The van der Waals surface area contributed by atoms with Crippen molar-refractivity contribution in [3.05, 3.63) is 21.6 Å². The number of nitrogens with zero attached hydrogens (tertiary/aromatic N) is 4. The van der Waals surface area contributed by atoms with Gasteiger partial charge in [-0.1, -0.05) is 24.4 Å². The van der Waals surface area contributed by atoms with Gasteiger partial charge in [0.05, 0.1) is 4.92 Å². The van der Waals surface area contributed by atoms with Crippen LogP contribution in [0.4, 0.5) is 11.5 Å². The quantitative estimate of drug-likeness (QED) is 0.493. The predicted molar refractivity (Wildman–Crippen MR) is 77.1 cm³/mol. The second-order valence-electron chi connectivity index (χ2n) is 4.96. The largest absolute Gasteiger partial charge is 0.363 e.